The Hall–Kier alpha value is -0.410. The molecule has 114 valence electrons. The molecule has 1 aliphatic carbocycles. The Balaban J connectivity index is 2.27. The zero-order valence-electron chi connectivity index (χ0n) is 13.6. The molecule has 0 saturated heterocycles. The largest absolute Gasteiger partial charge is 0.305 e. The van der Waals surface area contributed by atoms with Crippen LogP contribution in [0.3, 0.4) is 0 Å². The van der Waals surface area contributed by atoms with Gasteiger partial charge in [-0.05, 0) is 51.0 Å². The first-order valence-electron chi connectivity index (χ1n) is 8.39. The highest BCUT2D eigenvalue weighted by molar-refractivity contribution is 7.12. The van der Waals surface area contributed by atoms with Crippen LogP contribution in [0, 0.1) is 5.92 Å². The standard InChI is InChI=1S/C17H30N2S/c1-5-11-18-17(7-3,12-13(4)6-2)16-19-14-9-8-10-15(14)20-16/h13,18H,5-12H2,1-4H3. The van der Waals surface area contributed by atoms with Crippen LogP contribution in [0.5, 0.6) is 0 Å². The quantitative estimate of drug-likeness (QED) is 0.753. The normalized spacial score (nSPS) is 18.8. The summed E-state index contributed by atoms with van der Waals surface area (Å²) in [7, 11) is 0. The summed E-state index contributed by atoms with van der Waals surface area (Å²) in [5.41, 5.74) is 1.51. The SMILES string of the molecule is CCCNC(CC)(CC(C)CC)c1nc2c(s1)CCC2. The van der Waals surface area contributed by atoms with Crippen LogP contribution in [-0.2, 0) is 18.4 Å². The predicted octanol–water partition coefficient (Wildman–Crippen LogP) is 4.67. The van der Waals surface area contributed by atoms with Crippen LogP contribution in [-0.4, -0.2) is 11.5 Å². The third kappa shape index (κ3) is 3.25. The Morgan fingerprint density at radius 2 is 2.10 bits per heavy atom. The molecule has 2 rings (SSSR count). The summed E-state index contributed by atoms with van der Waals surface area (Å²) in [4.78, 5) is 6.59. The van der Waals surface area contributed by atoms with Gasteiger partial charge in [0.25, 0.3) is 0 Å². The summed E-state index contributed by atoms with van der Waals surface area (Å²) in [5, 5.41) is 5.21. The van der Waals surface area contributed by atoms with E-state index in [1.807, 2.05) is 11.3 Å². The van der Waals surface area contributed by atoms with Crippen molar-refractivity contribution in [2.24, 2.45) is 5.92 Å². The highest BCUT2D eigenvalue weighted by atomic mass is 32.1. The fraction of sp³-hybridized carbons (Fsp3) is 0.824. The lowest BCUT2D eigenvalue weighted by molar-refractivity contribution is 0.249. The number of aromatic nitrogens is 1. The number of fused-ring (bicyclic) bond motifs is 1. The third-order valence-corrected chi connectivity index (χ3v) is 6.08. The van der Waals surface area contributed by atoms with E-state index in [-0.39, 0.29) is 5.54 Å². The average molecular weight is 295 g/mol. The number of hydrogen-bond acceptors (Lipinski definition) is 3. The van der Waals surface area contributed by atoms with E-state index in [4.69, 9.17) is 4.98 Å². The van der Waals surface area contributed by atoms with Crippen LogP contribution in [0.2, 0.25) is 0 Å². The number of hydrogen-bond donors (Lipinski definition) is 1. The molecule has 2 unspecified atom stereocenters. The zero-order chi connectivity index (χ0) is 14.6. The topological polar surface area (TPSA) is 24.9 Å². The van der Waals surface area contributed by atoms with Gasteiger partial charge in [-0.15, -0.1) is 11.3 Å². The second kappa shape index (κ2) is 7.04. The minimum absolute atomic E-state index is 0.112. The summed E-state index contributed by atoms with van der Waals surface area (Å²) in [6.45, 7) is 10.3. The van der Waals surface area contributed by atoms with E-state index < -0.39 is 0 Å². The van der Waals surface area contributed by atoms with E-state index in [0.29, 0.717) is 0 Å². The van der Waals surface area contributed by atoms with Crippen molar-refractivity contribution < 1.29 is 0 Å². The molecule has 0 saturated carbocycles. The Bertz CT molecular complexity index is 405. The van der Waals surface area contributed by atoms with E-state index in [0.717, 1.165) is 18.9 Å². The molecule has 1 N–H and O–H groups in total. The van der Waals surface area contributed by atoms with Gasteiger partial charge >= 0.3 is 0 Å². The average Bonchev–Trinajstić information content (AvgIpc) is 3.04. The van der Waals surface area contributed by atoms with E-state index in [1.54, 1.807) is 4.88 Å². The molecule has 3 heteroatoms. The van der Waals surface area contributed by atoms with Crippen LogP contribution >= 0.6 is 11.3 Å². The minimum Gasteiger partial charge on any atom is -0.305 e. The van der Waals surface area contributed by atoms with E-state index in [9.17, 15) is 0 Å². The maximum atomic E-state index is 5.03. The third-order valence-electron chi connectivity index (χ3n) is 4.72. The summed E-state index contributed by atoms with van der Waals surface area (Å²) in [6, 6.07) is 0. The first kappa shape index (κ1) is 16.0. The Labute approximate surface area is 128 Å². The lowest BCUT2D eigenvalue weighted by Gasteiger charge is -2.34. The predicted molar refractivity (Wildman–Crippen MR) is 88.5 cm³/mol. The lowest BCUT2D eigenvalue weighted by Crippen LogP contribution is -2.43. The molecule has 0 radical (unpaired) electrons. The first-order valence-corrected chi connectivity index (χ1v) is 9.20. The Morgan fingerprint density at radius 1 is 1.30 bits per heavy atom. The van der Waals surface area contributed by atoms with Crippen molar-refractivity contribution in [3.05, 3.63) is 15.6 Å². The van der Waals surface area contributed by atoms with Gasteiger partial charge < -0.3 is 5.32 Å². The molecular weight excluding hydrogens is 264 g/mol. The highest BCUT2D eigenvalue weighted by Gasteiger charge is 2.35. The molecular formula is C17H30N2S. The van der Waals surface area contributed by atoms with Crippen molar-refractivity contribution in [2.45, 2.75) is 78.2 Å². The van der Waals surface area contributed by atoms with Gasteiger partial charge in [-0.3, -0.25) is 0 Å². The molecule has 1 aromatic rings. The molecule has 0 amide bonds. The second-order valence-electron chi connectivity index (χ2n) is 6.32. The molecule has 1 aromatic heterocycles. The van der Waals surface area contributed by atoms with E-state index in [1.165, 1.54) is 49.2 Å². The fourth-order valence-electron chi connectivity index (χ4n) is 3.15. The number of nitrogens with one attached hydrogen (secondary N) is 1. The summed E-state index contributed by atoms with van der Waals surface area (Å²) in [6.07, 6.45) is 8.55. The molecule has 1 heterocycles. The van der Waals surface area contributed by atoms with Crippen LogP contribution in [0.1, 0.15) is 75.4 Å². The van der Waals surface area contributed by atoms with Gasteiger partial charge in [0.1, 0.15) is 5.01 Å². The maximum Gasteiger partial charge on any atom is 0.113 e. The monoisotopic (exact) mass is 294 g/mol. The molecule has 2 atom stereocenters. The number of thiazole rings is 1. The van der Waals surface area contributed by atoms with E-state index >= 15 is 0 Å². The summed E-state index contributed by atoms with van der Waals surface area (Å²) < 4.78 is 0. The van der Waals surface area contributed by atoms with Crippen molar-refractivity contribution in [3.8, 4) is 0 Å². The van der Waals surface area contributed by atoms with Crippen molar-refractivity contribution in [3.63, 3.8) is 0 Å². The van der Waals surface area contributed by atoms with Crippen molar-refractivity contribution >= 4 is 11.3 Å². The Morgan fingerprint density at radius 3 is 2.70 bits per heavy atom. The van der Waals surface area contributed by atoms with Crippen LogP contribution in [0.15, 0.2) is 0 Å². The first-order chi connectivity index (χ1) is 9.65. The molecule has 0 bridgehead atoms. The smallest absolute Gasteiger partial charge is 0.113 e. The fourth-order valence-corrected chi connectivity index (χ4v) is 4.55. The van der Waals surface area contributed by atoms with E-state index in [2.05, 4.69) is 33.0 Å². The number of aryl methyl sites for hydroxylation is 2. The van der Waals surface area contributed by atoms with Gasteiger partial charge in [0.2, 0.25) is 0 Å². The van der Waals surface area contributed by atoms with Crippen LogP contribution in [0.25, 0.3) is 0 Å². The highest BCUT2D eigenvalue weighted by Crippen LogP contribution is 2.39. The lowest BCUT2D eigenvalue weighted by atomic mass is 9.85. The van der Waals surface area contributed by atoms with Gasteiger partial charge in [0, 0.05) is 4.88 Å². The molecule has 0 fully saturated rings. The summed E-state index contributed by atoms with van der Waals surface area (Å²) >= 11 is 1.98. The summed E-state index contributed by atoms with van der Waals surface area (Å²) in [5.74, 6) is 0.748. The molecule has 2 nitrogen and oxygen atoms in total. The van der Waals surface area contributed by atoms with Crippen molar-refractivity contribution in [1.82, 2.24) is 10.3 Å². The molecule has 0 aliphatic heterocycles. The molecule has 20 heavy (non-hydrogen) atoms. The van der Waals surface area contributed by atoms with Gasteiger partial charge in [-0.2, -0.15) is 0 Å². The van der Waals surface area contributed by atoms with Gasteiger partial charge in [0.15, 0.2) is 0 Å². The van der Waals surface area contributed by atoms with Gasteiger partial charge in [-0.1, -0.05) is 34.1 Å². The zero-order valence-corrected chi connectivity index (χ0v) is 14.4. The Kier molecular flexibility index (Phi) is 5.62. The molecule has 0 spiro atoms. The molecule has 0 aromatic carbocycles. The number of nitrogens with zero attached hydrogens (tertiary/aromatic N) is 1. The van der Waals surface area contributed by atoms with Crippen LogP contribution in [0.4, 0.5) is 0 Å². The van der Waals surface area contributed by atoms with Gasteiger partial charge in [-0.25, -0.2) is 4.98 Å². The van der Waals surface area contributed by atoms with Gasteiger partial charge in [0.05, 0.1) is 11.2 Å². The van der Waals surface area contributed by atoms with Crippen LogP contribution < -0.4 is 5.32 Å². The minimum atomic E-state index is 0.112. The van der Waals surface area contributed by atoms with Crippen molar-refractivity contribution in [2.75, 3.05) is 6.54 Å². The number of rotatable bonds is 8. The second-order valence-corrected chi connectivity index (χ2v) is 7.41. The van der Waals surface area contributed by atoms with Crippen molar-refractivity contribution in [1.29, 1.82) is 0 Å². The maximum absolute atomic E-state index is 5.03. The molecule has 1 aliphatic rings.